The topological polar surface area (TPSA) is 68.0 Å². The van der Waals surface area contributed by atoms with Gasteiger partial charge in [-0.25, -0.2) is 0 Å². The van der Waals surface area contributed by atoms with Gasteiger partial charge in [0.2, 0.25) is 0 Å². The molecule has 3 rings (SSSR count). The molecule has 2 aromatic carbocycles. The van der Waals surface area contributed by atoms with Crippen LogP contribution in [0.2, 0.25) is 0 Å². The molecule has 22 heavy (non-hydrogen) atoms. The van der Waals surface area contributed by atoms with Crippen molar-refractivity contribution in [3.8, 4) is 5.69 Å². The van der Waals surface area contributed by atoms with Gasteiger partial charge in [0.1, 0.15) is 6.10 Å². The summed E-state index contributed by atoms with van der Waals surface area (Å²) < 4.78 is 0. The van der Waals surface area contributed by atoms with Crippen molar-refractivity contribution in [1.82, 2.24) is 15.0 Å². The number of carbonyl (C=O) groups is 1. The van der Waals surface area contributed by atoms with Crippen LogP contribution in [-0.2, 0) is 0 Å². The number of aliphatic hydroxyl groups excluding tert-OH is 1. The first-order chi connectivity index (χ1) is 10.7. The van der Waals surface area contributed by atoms with E-state index in [2.05, 4.69) is 10.2 Å². The minimum atomic E-state index is -1.21. The maximum atomic E-state index is 12.7. The number of hydrogen-bond acceptors (Lipinski definition) is 4. The molecule has 0 fully saturated rings. The fraction of sp³-hybridized carbons (Fsp3) is 0.118. The highest BCUT2D eigenvalue weighted by Crippen LogP contribution is 2.23. The van der Waals surface area contributed by atoms with Gasteiger partial charge in [0, 0.05) is 5.56 Å². The summed E-state index contributed by atoms with van der Waals surface area (Å²) in [5, 5.41) is 18.5. The molecule has 5 nitrogen and oxygen atoms in total. The normalized spacial score (nSPS) is 12.1. The molecule has 1 atom stereocenters. The van der Waals surface area contributed by atoms with Gasteiger partial charge in [-0.2, -0.15) is 15.0 Å². The molecule has 0 radical (unpaired) electrons. The van der Waals surface area contributed by atoms with E-state index in [1.54, 1.807) is 48.8 Å². The van der Waals surface area contributed by atoms with Crippen LogP contribution in [0.15, 0.2) is 60.9 Å². The first-order valence-corrected chi connectivity index (χ1v) is 6.91. The van der Waals surface area contributed by atoms with Crippen LogP contribution in [0.25, 0.3) is 5.69 Å². The number of Topliss-reactive ketones (excluding diaryl/α,β-unsaturated/α-hetero) is 1. The van der Waals surface area contributed by atoms with Gasteiger partial charge in [-0.3, -0.25) is 4.79 Å². The molecular formula is C17H15N3O2. The molecule has 0 saturated heterocycles. The Hall–Kier alpha value is -2.79. The van der Waals surface area contributed by atoms with Crippen LogP contribution in [0.3, 0.4) is 0 Å². The van der Waals surface area contributed by atoms with Crippen molar-refractivity contribution in [3.63, 3.8) is 0 Å². The van der Waals surface area contributed by atoms with Gasteiger partial charge in [0.05, 0.1) is 18.1 Å². The lowest BCUT2D eigenvalue weighted by atomic mass is 9.97. The molecule has 110 valence electrons. The number of aromatic nitrogens is 3. The van der Waals surface area contributed by atoms with Crippen molar-refractivity contribution in [2.75, 3.05) is 0 Å². The third-order valence-electron chi connectivity index (χ3n) is 3.42. The largest absolute Gasteiger partial charge is 0.380 e. The third kappa shape index (κ3) is 2.66. The van der Waals surface area contributed by atoms with Crippen molar-refractivity contribution < 1.29 is 9.90 Å². The van der Waals surface area contributed by atoms with Gasteiger partial charge in [0.25, 0.3) is 0 Å². The first-order valence-electron chi connectivity index (χ1n) is 6.91. The molecule has 5 heteroatoms. The summed E-state index contributed by atoms with van der Waals surface area (Å²) in [6, 6.07) is 14.3. The van der Waals surface area contributed by atoms with Crippen LogP contribution in [0.1, 0.15) is 27.6 Å². The summed E-state index contributed by atoms with van der Waals surface area (Å²) in [5.41, 5.74) is 2.44. The standard InChI is InChI=1S/C17H15N3O2/c1-12-7-8-15(20-18-9-10-19-20)14(11-12)17(22)16(21)13-5-3-2-4-6-13/h2-11,16,21H,1H3. The van der Waals surface area contributed by atoms with Crippen molar-refractivity contribution in [2.24, 2.45) is 0 Å². The van der Waals surface area contributed by atoms with E-state index in [1.165, 1.54) is 4.80 Å². The van der Waals surface area contributed by atoms with Crippen LogP contribution in [0, 0.1) is 6.92 Å². The van der Waals surface area contributed by atoms with Gasteiger partial charge in [0.15, 0.2) is 5.78 Å². The highest BCUT2D eigenvalue weighted by molar-refractivity contribution is 6.02. The minimum absolute atomic E-state index is 0.373. The lowest BCUT2D eigenvalue weighted by Crippen LogP contribution is -2.16. The maximum absolute atomic E-state index is 12.7. The van der Waals surface area contributed by atoms with E-state index in [4.69, 9.17) is 0 Å². The monoisotopic (exact) mass is 293 g/mol. The van der Waals surface area contributed by atoms with Crippen molar-refractivity contribution >= 4 is 5.78 Å². The molecule has 0 aliphatic heterocycles. The van der Waals surface area contributed by atoms with Crippen LogP contribution in [0.4, 0.5) is 0 Å². The number of hydrogen-bond donors (Lipinski definition) is 1. The Morgan fingerprint density at radius 1 is 1.09 bits per heavy atom. The Morgan fingerprint density at radius 2 is 1.77 bits per heavy atom. The van der Waals surface area contributed by atoms with Crippen LogP contribution in [0.5, 0.6) is 0 Å². The summed E-state index contributed by atoms with van der Waals surface area (Å²) >= 11 is 0. The summed E-state index contributed by atoms with van der Waals surface area (Å²) in [4.78, 5) is 14.1. The fourth-order valence-corrected chi connectivity index (χ4v) is 2.30. The van der Waals surface area contributed by atoms with Gasteiger partial charge in [-0.05, 0) is 24.6 Å². The van der Waals surface area contributed by atoms with Gasteiger partial charge in [-0.1, -0.05) is 42.0 Å². The highest BCUT2D eigenvalue weighted by Gasteiger charge is 2.23. The number of nitrogens with zero attached hydrogens (tertiary/aromatic N) is 3. The number of carbonyl (C=O) groups excluding carboxylic acids is 1. The average molecular weight is 293 g/mol. The predicted molar refractivity (Wildman–Crippen MR) is 81.8 cm³/mol. The zero-order valence-corrected chi connectivity index (χ0v) is 12.0. The maximum Gasteiger partial charge on any atom is 0.198 e. The smallest absolute Gasteiger partial charge is 0.198 e. The molecule has 1 N–H and O–H groups in total. The van der Waals surface area contributed by atoms with Crippen LogP contribution >= 0.6 is 0 Å². The zero-order chi connectivity index (χ0) is 15.5. The second-order valence-corrected chi connectivity index (χ2v) is 5.02. The van der Waals surface area contributed by atoms with Crippen LogP contribution < -0.4 is 0 Å². The van der Waals surface area contributed by atoms with Crippen molar-refractivity contribution in [2.45, 2.75) is 13.0 Å². The van der Waals surface area contributed by atoms with Crippen molar-refractivity contribution in [1.29, 1.82) is 0 Å². The van der Waals surface area contributed by atoms with E-state index in [0.29, 0.717) is 16.8 Å². The SMILES string of the molecule is Cc1ccc(-n2nccn2)c(C(=O)C(O)c2ccccc2)c1. The molecule has 0 saturated carbocycles. The lowest BCUT2D eigenvalue weighted by Gasteiger charge is -2.13. The molecule has 0 amide bonds. The molecule has 0 aliphatic carbocycles. The number of aliphatic hydroxyl groups is 1. The minimum Gasteiger partial charge on any atom is -0.380 e. The molecule has 1 aromatic heterocycles. The molecule has 0 bridgehead atoms. The number of aryl methyl sites for hydroxylation is 1. The Bertz CT molecular complexity index is 783. The molecule has 3 aromatic rings. The summed E-state index contributed by atoms with van der Waals surface area (Å²) in [5.74, 6) is -0.373. The van der Waals surface area contributed by atoms with Crippen LogP contribution in [-0.4, -0.2) is 25.9 Å². The predicted octanol–water partition coefficient (Wildman–Crippen LogP) is 2.49. The highest BCUT2D eigenvalue weighted by atomic mass is 16.3. The van der Waals surface area contributed by atoms with E-state index in [0.717, 1.165) is 5.56 Å². The second kappa shape index (κ2) is 5.91. The zero-order valence-electron chi connectivity index (χ0n) is 12.0. The molecule has 0 aliphatic rings. The Kier molecular flexibility index (Phi) is 3.80. The van der Waals surface area contributed by atoms with Gasteiger partial charge < -0.3 is 5.11 Å². The van der Waals surface area contributed by atoms with E-state index in [1.807, 2.05) is 19.1 Å². The van der Waals surface area contributed by atoms with Gasteiger partial charge in [-0.15, -0.1) is 0 Å². The Balaban J connectivity index is 2.04. The summed E-state index contributed by atoms with van der Waals surface area (Å²) in [6.45, 7) is 1.89. The first kappa shape index (κ1) is 14.2. The second-order valence-electron chi connectivity index (χ2n) is 5.02. The number of ketones is 1. The lowest BCUT2D eigenvalue weighted by molar-refractivity contribution is 0.0747. The van der Waals surface area contributed by atoms with E-state index >= 15 is 0 Å². The molecule has 1 heterocycles. The number of benzene rings is 2. The number of rotatable bonds is 4. The molecule has 0 spiro atoms. The fourth-order valence-electron chi connectivity index (χ4n) is 2.30. The molecular weight excluding hydrogens is 278 g/mol. The third-order valence-corrected chi connectivity index (χ3v) is 3.42. The van der Waals surface area contributed by atoms with Gasteiger partial charge >= 0.3 is 0 Å². The van der Waals surface area contributed by atoms with E-state index in [9.17, 15) is 9.90 Å². The summed E-state index contributed by atoms with van der Waals surface area (Å²) in [7, 11) is 0. The van der Waals surface area contributed by atoms with E-state index < -0.39 is 6.10 Å². The van der Waals surface area contributed by atoms with E-state index in [-0.39, 0.29) is 5.78 Å². The summed E-state index contributed by atoms with van der Waals surface area (Å²) in [6.07, 6.45) is 1.88. The average Bonchev–Trinajstić information content (AvgIpc) is 3.08. The Labute approximate surface area is 127 Å². The Morgan fingerprint density at radius 3 is 2.45 bits per heavy atom. The molecule has 1 unspecified atom stereocenters. The van der Waals surface area contributed by atoms with Crippen molar-refractivity contribution in [3.05, 3.63) is 77.6 Å². The quantitative estimate of drug-likeness (QED) is 0.750.